The summed E-state index contributed by atoms with van der Waals surface area (Å²) < 4.78 is 32.1. The van der Waals surface area contributed by atoms with Crippen molar-refractivity contribution in [3.05, 3.63) is 24.3 Å². The highest BCUT2D eigenvalue weighted by molar-refractivity contribution is 7.89. The van der Waals surface area contributed by atoms with Gasteiger partial charge >= 0.3 is 0 Å². The summed E-state index contributed by atoms with van der Waals surface area (Å²) in [6.45, 7) is 4.47. The highest BCUT2D eigenvalue weighted by atomic mass is 32.2. The van der Waals surface area contributed by atoms with Gasteiger partial charge in [-0.3, -0.25) is 0 Å². The molecular weight excluding hydrogens is 252 g/mol. The van der Waals surface area contributed by atoms with Gasteiger partial charge in [0.25, 0.3) is 0 Å². The van der Waals surface area contributed by atoms with Gasteiger partial charge in [0, 0.05) is 6.04 Å². The Bertz CT molecular complexity index is 472. The summed E-state index contributed by atoms with van der Waals surface area (Å²) in [6, 6.07) is 6.43. The smallest absolute Gasteiger partial charge is 0.244 e. The molecule has 0 spiro atoms. The third kappa shape index (κ3) is 4.29. The van der Waals surface area contributed by atoms with E-state index >= 15 is 0 Å². The summed E-state index contributed by atoms with van der Waals surface area (Å²) in [6.07, 6.45) is 0.686. The van der Waals surface area contributed by atoms with Crippen molar-refractivity contribution in [2.24, 2.45) is 5.73 Å². The van der Waals surface area contributed by atoms with E-state index in [2.05, 4.69) is 4.72 Å². The first-order valence-corrected chi connectivity index (χ1v) is 7.40. The predicted octanol–water partition coefficient (Wildman–Crippen LogP) is 1.10. The molecule has 0 aliphatic heterocycles. The van der Waals surface area contributed by atoms with Crippen molar-refractivity contribution in [1.29, 1.82) is 0 Å². The van der Waals surface area contributed by atoms with Gasteiger partial charge in [0.2, 0.25) is 10.0 Å². The molecule has 0 aliphatic rings. The monoisotopic (exact) mass is 272 g/mol. The number of sulfonamides is 1. The molecule has 0 bridgehead atoms. The Morgan fingerprint density at radius 1 is 1.33 bits per heavy atom. The quantitative estimate of drug-likeness (QED) is 0.728. The third-order valence-electron chi connectivity index (χ3n) is 2.14. The first-order valence-electron chi connectivity index (χ1n) is 5.91. The summed E-state index contributed by atoms with van der Waals surface area (Å²) in [7, 11) is -3.53. The van der Waals surface area contributed by atoms with E-state index in [9.17, 15) is 8.42 Å². The number of nitrogens with one attached hydrogen (secondary N) is 1. The second-order valence-corrected chi connectivity index (χ2v) is 5.90. The first-order chi connectivity index (χ1) is 8.47. The van der Waals surface area contributed by atoms with Crippen molar-refractivity contribution in [2.45, 2.75) is 31.2 Å². The molecule has 0 amide bonds. The average molecular weight is 272 g/mol. The van der Waals surface area contributed by atoms with E-state index in [1.54, 1.807) is 32.0 Å². The van der Waals surface area contributed by atoms with Crippen LogP contribution in [0.2, 0.25) is 0 Å². The van der Waals surface area contributed by atoms with Crippen LogP contribution in [0.25, 0.3) is 0 Å². The topological polar surface area (TPSA) is 81.4 Å². The van der Waals surface area contributed by atoms with Crippen molar-refractivity contribution in [1.82, 2.24) is 4.72 Å². The van der Waals surface area contributed by atoms with Crippen LogP contribution in [-0.2, 0) is 10.0 Å². The molecule has 1 aromatic carbocycles. The predicted molar refractivity (Wildman–Crippen MR) is 71.1 cm³/mol. The summed E-state index contributed by atoms with van der Waals surface area (Å²) in [5.41, 5.74) is 5.37. The molecule has 0 aliphatic carbocycles. The lowest BCUT2D eigenvalue weighted by Gasteiger charge is -2.13. The summed E-state index contributed by atoms with van der Waals surface area (Å²) in [4.78, 5) is 0.163. The zero-order valence-electron chi connectivity index (χ0n) is 10.7. The maximum atomic E-state index is 12.1. The van der Waals surface area contributed by atoms with Gasteiger partial charge in [0.1, 0.15) is 10.6 Å². The molecule has 0 fully saturated rings. The highest BCUT2D eigenvalue weighted by Crippen LogP contribution is 2.23. The van der Waals surface area contributed by atoms with Crippen LogP contribution in [0.1, 0.15) is 20.3 Å². The minimum atomic E-state index is -3.53. The summed E-state index contributed by atoms with van der Waals surface area (Å²) in [5.74, 6) is 0.360. The maximum absolute atomic E-state index is 12.1. The zero-order chi connectivity index (χ0) is 13.6. The molecule has 0 aromatic heterocycles. The lowest BCUT2D eigenvalue weighted by molar-refractivity contribution is 0.305. The molecule has 0 radical (unpaired) electrons. The van der Waals surface area contributed by atoms with E-state index in [0.717, 1.165) is 0 Å². The molecule has 0 atom stereocenters. The van der Waals surface area contributed by atoms with E-state index in [1.807, 2.05) is 0 Å². The molecule has 102 valence electrons. The van der Waals surface area contributed by atoms with Gasteiger partial charge in [-0.15, -0.1) is 0 Å². The van der Waals surface area contributed by atoms with E-state index in [1.165, 1.54) is 6.07 Å². The molecule has 18 heavy (non-hydrogen) atoms. The van der Waals surface area contributed by atoms with Gasteiger partial charge in [0.15, 0.2) is 0 Å². The molecule has 6 heteroatoms. The number of rotatable bonds is 7. The van der Waals surface area contributed by atoms with Crippen LogP contribution in [0.15, 0.2) is 29.2 Å². The fourth-order valence-electron chi connectivity index (χ4n) is 1.43. The SMILES string of the molecule is CC(C)NS(=O)(=O)c1ccccc1OCCCN. The van der Waals surface area contributed by atoms with Crippen LogP contribution in [0, 0.1) is 0 Å². The number of hydrogen-bond acceptors (Lipinski definition) is 4. The van der Waals surface area contributed by atoms with E-state index in [-0.39, 0.29) is 10.9 Å². The summed E-state index contributed by atoms with van der Waals surface area (Å²) >= 11 is 0. The number of para-hydroxylation sites is 1. The highest BCUT2D eigenvalue weighted by Gasteiger charge is 2.19. The van der Waals surface area contributed by atoms with E-state index in [0.29, 0.717) is 25.3 Å². The second kappa shape index (κ2) is 6.72. The standard InChI is InChI=1S/C12H20N2O3S/c1-10(2)14-18(15,16)12-7-4-3-6-11(12)17-9-5-8-13/h3-4,6-7,10,14H,5,8-9,13H2,1-2H3. The lowest BCUT2D eigenvalue weighted by atomic mass is 10.3. The Morgan fingerprint density at radius 2 is 2.00 bits per heavy atom. The van der Waals surface area contributed by atoms with Gasteiger partial charge in [0.05, 0.1) is 6.61 Å². The lowest BCUT2D eigenvalue weighted by Crippen LogP contribution is -2.30. The van der Waals surface area contributed by atoms with Crippen LogP contribution in [0.5, 0.6) is 5.75 Å². The first kappa shape index (κ1) is 14.9. The van der Waals surface area contributed by atoms with Gasteiger partial charge in [-0.25, -0.2) is 13.1 Å². The number of benzene rings is 1. The largest absolute Gasteiger partial charge is 0.492 e. The molecule has 0 saturated carbocycles. The van der Waals surface area contributed by atoms with E-state index < -0.39 is 10.0 Å². The molecule has 0 heterocycles. The molecule has 3 N–H and O–H groups in total. The van der Waals surface area contributed by atoms with Gasteiger partial charge < -0.3 is 10.5 Å². The molecule has 5 nitrogen and oxygen atoms in total. The Labute approximate surface area is 108 Å². The Kier molecular flexibility index (Phi) is 5.58. The molecule has 1 aromatic rings. The van der Waals surface area contributed by atoms with Gasteiger partial charge in [-0.1, -0.05) is 12.1 Å². The molecule has 0 unspecified atom stereocenters. The zero-order valence-corrected chi connectivity index (χ0v) is 11.5. The van der Waals surface area contributed by atoms with Crippen molar-refractivity contribution in [3.63, 3.8) is 0 Å². The Morgan fingerprint density at radius 3 is 2.61 bits per heavy atom. The third-order valence-corrected chi connectivity index (χ3v) is 3.83. The number of hydrogen-bond donors (Lipinski definition) is 2. The van der Waals surface area contributed by atoms with Crippen molar-refractivity contribution in [3.8, 4) is 5.75 Å². The number of ether oxygens (including phenoxy) is 1. The Hall–Kier alpha value is -1.11. The molecule has 0 saturated heterocycles. The second-order valence-electron chi connectivity index (χ2n) is 4.21. The fraction of sp³-hybridized carbons (Fsp3) is 0.500. The van der Waals surface area contributed by atoms with Crippen LogP contribution in [-0.4, -0.2) is 27.6 Å². The number of nitrogens with two attached hydrogens (primary N) is 1. The summed E-state index contributed by atoms with van der Waals surface area (Å²) in [5, 5.41) is 0. The minimum absolute atomic E-state index is 0.160. The average Bonchev–Trinajstić information content (AvgIpc) is 2.28. The van der Waals surface area contributed by atoms with Crippen LogP contribution < -0.4 is 15.2 Å². The van der Waals surface area contributed by atoms with Crippen molar-refractivity contribution < 1.29 is 13.2 Å². The van der Waals surface area contributed by atoms with Crippen LogP contribution in [0.3, 0.4) is 0 Å². The Balaban J connectivity index is 2.94. The van der Waals surface area contributed by atoms with Crippen molar-refractivity contribution >= 4 is 10.0 Å². The molecular formula is C12H20N2O3S. The van der Waals surface area contributed by atoms with Crippen LogP contribution in [0.4, 0.5) is 0 Å². The molecule has 1 rings (SSSR count). The van der Waals surface area contributed by atoms with Gasteiger partial charge in [-0.05, 0) is 38.9 Å². The van der Waals surface area contributed by atoms with Crippen molar-refractivity contribution in [2.75, 3.05) is 13.2 Å². The maximum Gasteiger partial charge on any atom is 0.244 e. The van der Waals surface area contributed by atoms with Gasteiger partial charge in [-0.2, -0.15) is 0 Å². The van der Waals surface area contributed by atoms with E-state index in [4.69, 9.17) is 10.5 Å². The van der Waals surface area contributed by atoms with Crippen LogP contribution >= 0.6 is 0 Å². The fourth-order valence-corrected chi connectivity index (χ4v) is 2.83. The minimum Gasteiger partial charge on any atom is -0.492 e. The normalized spacial score (nSPS) is 11.8.